The second-order valence-corrected chi connectivity index (χ2v) is 4.87. The molecule has 2 aromatic rings. The van der Waals surface area contributed by atoms with Crippen LogP contribution in [-0.2, 0) is 0 Å². The van der Waals surface area contributed by atoms with Crippen molar-refractivity contribution >= 4 is 44.8 Å². The quantitative estimate of drug-likeness (QED) is 0.659. The lowest BCUT2D eigenvalue weighted by Gasteiger charge is -2.04. The zero-order chi connectivity index (χ0) is 14.0. The predicted octanol–water partition coefficient (Wildman–Crippen LogP) is 3.59. The number of aromatic amines is 1. The van der Waals surface area contributed by atoms with Crippen molar-refractivity contribution in [3.05, 3.63) is 55.8 Å². The van der Waals surface area contributed by atoms with Gasteiger partial charge in [-0.25, -0.2) is 0 Å². The number of aromatic nitrogens is 1. The maximum Gasteiger partial charge on any atom is 0.287 e. The lowest BCUT2D eigenvalue weighted by atomic mass is 10.3. The van der Waals surface area contributed by atoms with Gasteiger partial charge in [0.2, 0.25) is 0 Å². The highest BCUT2D eigenvalue weighted by Gasteiger charge is 2.14. The first-order chi connectivity index (χ1) is 8.97. The molecule has 0 bridgehead atoms. The average Bonchev–Trinajstić information content (AvgIpc) is 2.83. The number of rotatable bonds is 3. The second-order valence-electron chi connectivity index (χ2n) is 3.61. The summed E-state index contributed by atoms with van der Waals surface area (Å²) in [6.07, 6.45) is 1.16. The highest BCUT2D eigenvalue weighted by atomic mass is 79.9. The van der Waals surface area contributed by atoms with Crippen LogP contribution in [0.1, 0.15) is 10.5 Å². The van der Waals surface area contributed by atoms with Crippen LogP contribution < -0.4 is 5.32 Å². The third-order valence-corrected chi connectivity index (χ3v) is 3.51. The molecule has 0 fully saturated rings. The Labute approximate surface area is 121 Å². The SMILES string of the molecule is O=C(Nc1ccc(Cl)c(Br)c1)c1cc([N+](=O)[O-])c[nH]1. The Balaban J connectivity index is 2.15. The van der Waals surface area contributed by atoms with Gasteiger partial charge in [-0.2, -0.15) is 0 Å². The van der Waals surface area contributed by atoms with E-state index in [1.165, 1.54) is 6.07 Å². The molecule has 2 N–H and O–H groups in total. The Bertz CT molecular complexity index is 656. The van der Waals surface area contributed by atoms with Crippen LogP contribution in [0.25, 0.3) is 0 Å². The van der Waals surface area contributed by atoms with Crippen molar-refractivity contribution in [3.63, 3.8) is 0 Å². The molecule has 1 aromatic carbocycles. The fraction of sp³-hybridized carbons (Fsp3) is 0. The molecule has 2 rings (SSSR count). The monoisotopic (exact) mass is 343 g/mol. The third kappa shape index (κ3) is 3.12. The van der Waals surface area contributed by atoms with Crippen molar-refractivity contribution in [1.82, 2.24) is 4.98 Å². The Hall–Kier alpha value is -1.86. The van der Waals surface area contributed by atoms with E-state index in [0.29, 0.717) is 15.2 Å². The first kappa shape index (κ1) is 13.6. The number of hydrogen-bond donors (Lipinski definition) is 2. The fourth-order valence-electron chi connectivity index (χ4n) is 1.39. The molecule has 0 radical (unpaired) electrons. The van der Waals surface area contributed by atoms with E-state index in [-0.39, 0.29) is 11.4 Å². The number of carbonyl (C=O) groups is 1. The molecular formula is C11H7BrClN3O3. The zero-order valence-electron chi connectivity index (χ0n) is 9.31. The van der Waals surface area contributed by atoms with Crippen LogP contribution in [-0.4, -0.2) is 15.8 Å². The molecule has 0 saturated carbocycles. The van der Waals surface area contributed by atoms with Crippen molar-refractivity contribution in [2.75, 3.05) is 5.32 Å². The van der Waals surface area contributed by atoms with Gasteiger partial charge in [0.05, 0.1) is 16.1 Å². The normalized spacial score (nSPS) is 10.2. The molecule has 0 aliphatic heterocycles. The molecule has 1 heterocycles. The van der Waals surface area contributed by atoms with Crippen molar-refractivity contribution in [1.29, 1.82) is 0 Å². The summed E-state index contributed by atoms with van der Waals surface area (Å²) in [5.74, 6) is -0.470. The van der Waals surface area contributed by atoms with E-state index in [4.69, 9.17) is 11.6 Å². The number of carbonyl (C=O) groups excluding carboxylic acids is 1. The maximum atomic E-state index is 11.8. The van der Waals surface area contributed by atoms with Gasteiger partial charge in [-0.15, -0.1) is 0 Å². The van der Waals surface area contributed by atoms with Gasteiger partial charge in [-0.05, 0) is 34.1 Å². The molecule has 6 nitrogen and oxygen atoms in total. The smallest absolute Gasteiger partial charge is 0.287 e. The first-order valence-electron chi connectivity index (χ1n) is 5.06. The highest BCUT2D eigenvalue weighted by molar-refractivity contribution is 9.10. The molecule has 1 amide bonds. The van der Waals surface area contributed by atoms with Crippen LogP contribution in [0, 0.1) is 10.1 Å². The molecule has 0 unspecified atom stereocenters. The number of anilines is 1. The number of benzene rings is 1. The van der Waals surface area contributed by atoms with Crippen molar-refractivity contribution in [3.8, 4) is 0 Å². The third-order valence-electron chi connectivity index (χ3n) is 2.30. The topological polar surface area (TPSA) is 88.0 Å². The van der Waals surface area contributed by atoms with E-state index in [1.54, 1.807) is 18.2 Å². The van der Waals surface area contributed by atoms with E-state index in [9.17, 15) is 14.9 Å². The van der Waals surface area contributed by atoms with Crippen LogP contribution in [0.3, 0.4) is 0 Å². The number of halogens is 2. The van der Waals surface area contributed by atoms with Crippen LogP contribution >= 0.6 is 27.5 Å². The summed E-state index contributed by atoms with van der Waals surface area (Å²) < 4.78 is 0.643. The lowest BCUT2D eigenvalue weighted by molar-refractivity contribution is -0.384. The van der Waals surface area contributed by atoms with Gasteiger partial charge < -0.3 is 10.3 Å². The summed E-state index contributed by atoms with van der Waals surface area (Å²) >= 11 is 9.07. The van der Waals surface area contributed by atoms with E-state index in [0.717, 1.165) is 6.20 Å². The molecule has 0 saturated heterocycles. The largest absolute Gasteiger partial charge is 0.351 e. The van der Waals surface area contributed by atoms with E-state index in [2.05, 4.69) is 26.2 Å². The predicted molar refractivity (Wildman–Crippen MR) is 74.6 cm³/mol. The minimum Gasteiger partial charge on any atom is -0.351 e. The Kier molecular flexibility index (Phi) is 3.87. The molecular weight excluding hydrogens is 337 g/mol. The minimum absolute atomic E-state index is 0.109. The summed E-state index contributed by atoms with van der Waals surface area (Å²) in [6.45, 7) is 0. The van der Waals surface area contributed by atoms with Gasteiger partial charge in [0.15, 0.2) is 0 Å². The summed E-state index contributed by atoms with van der Waals surface area (Å²) in [5.41, 5.74) is 0.471. The molecule has 0 aliphatic rings. The number of amides is 1. The van der Waals surface area contributed by atoms with Crippen LogP contribution in [0.15, 0.2) is 34.9 Å². The molecule has 0 aliphatic carbocycles. The van der Waals surface area contributed by atoms with Gasteiger partial charge in [-0.1, -0.05) is 11.6 Å². The number of nitrogens with zero attached hydrogens (tertiary/aromatic N) is 1. The summed E-state index contributed by atoms with van der Waals surface area (Å²) in [7, 11) is 0. The van der Waals surface area contributed by atoms with E-state index in [1.807, 2.05) is 0 Å². The summed E-state index contributed by atoms with van der Waals surface area (Å²) in [6, 6.07) is 6.05. The van der Waals surface area contributed by atoms with Gasteiger partial charge in [0.1, 0.15) is 5.69 Å². The van der Waals surface area contributed by atoms with Gasteiger partial charge in [0.25, 0.3) is 11.6 Å². The van der Waals surface area contributed by atoms with Crippen molar-refractivity contribution < 1.29 is 9.72 Å². The van der Waals surface area contributed by atoms with Gasteiger partial charge >= 0.3 is 0 Å². The fourth-order valence-corrected chi connectivity index (χ4v) is 1.89. The molecule has 1 aromatic heterocycles. The molecule has 0 spiro atoms. The number of nitro groups is 1. The lowest BCUT2D eigenvalue weighted by Crippen LogP contribution is -2.12. The Morgan fingerprint density at radius 3 is 2.74 bits per heavy atom. The minimum atomic E-state index is -0.577. The molecule has 98 valence electrons. The standard InChI is InChI=1S/C11H7BrClN3O3/c12-8-3-6(1-2-9(8)13)15-11(17)10-4-7(5-14-10)16(18)19/h1-5,14H,(H,15,17). The Morgan fingerprint density at radius 2 is 2.16 bits per heavy atom. The molecule has 8 heteroatoms. The van der Waals surface area contributed by atoms with Gasteiger partial charge in [-0.3, -0.25) is 14.9 Å². The zero-order valence-corrected chi connectivity index (χ0v) is 11.7. The summed E-state index contributed by atoms with van der Waals surface area (Å²) in [4.78, 5) is 24.3. The molecule has 19 heavy (non-hydrogen) atoms. The maximum absolute atomic E-state index is 11.8. The number of nitrogens with one attached hydrogen (secondary N) is 2. The van der Waals surface area contributed by atoms with Crippen LogP contribution in [0.2, 0.25) is 5.02 Å². The van der Waals surface area contributed by atoms with Crippen molar-refractivity contribution in [2.45, 2.75) is 0 Å². The van der Waals surface area contributed by atoms with Gasteiger partial charge in [0, 0.05) is 16.2 Å². The van der Waals surface area contributed by atoms with Crippen LogP contribution in [0.4, 0.5) is 11.4 Å². The average molecular weight is 345 g/mol. The highest BCUT2D eigenvalue weighted by Crippen LogP contribution is 2.25. The van der Waals surface area contributed by atoms with E-state index >= 15 is 0 Å². The number of hydrogen-bond acceptors (Lipinski definition) is 3. The van der Waals surface area contributed by atoms with Crippen LogP contribution in [0.5, 0.6) is 0 Å². The number of H-pyrrole nitrogens is 1. The van der Waals surface area contributed by atoms with Crippen molar-refractivity contribution in [2.24, 2.45) is 0 Å². The Morgan fingerprint density at radius 1 is 1.42 bits per heavy atom. The molecule has 0 atom stereocenters. The first-order valence-corrected chi connectivity index (χ1v) is 6.23. The second kappa shape index (κ2) is 5.41. The summed E-state index contributed by atoms with van der Waals surface area (Å²) in [5, 5.41) is 13.6. The van der Waals surface area contributed by atoms with E-state index < -0.39 is 10.8 Å².